The molecule has 1 aromatic heterocycles. The SMILES string of the molecule is CCCNC(c1sccc1Cl)c1c(C)c(C)cc(C)c1C. The quantitative estimate of drug-likeness (QED) is 0.742. The van der Waals surface area contributed by atoms with Crippen LogP contribution in [-0.4, -0.2) is 6.54 Å². The molecule has 0 amide bonds. The highest BCUT2D eigenvalue weighted by molar-refractivity contribution is 7.10. The fourth-order valence-electron chi connectivity index (χ4n) is 2.81. The maximum Gasteiger partial charge on any atom is 0.0691 e. The van der Waals surface area contributed by atoms with E-state index in [2.05, 4.69) is 51.4 Å². The van der Waals surface area contributed by atoms with E-state index in [1.807, 2.05) is 6.07 Å². The standard InChI is InChI=1S/C18H24ClNS/c1-6-8-20-17(18-15(19)7-9-21-18)16-13(4)11(2)10-12(3)14(16)5/h7,9-10,17,20H,6,8H2,1-5H3. The van der Waals surface area contributed by atoms with Gasteiger partial charge in [-0.05, 0) is 79.9 Å². The van der Waals surface area contributed by atoms with Crippen molar-refractivity contribution in [3.8, 4) is 0 Å². The van der Waals surface area contributed by atoms with Crippen LogP contribution in [0.5, 0.6) is 0 Å². The van der Waals surface area contributed by atoms with E-state index in [0.717, 1.165) is 18.0 Å². The van der Waals surface area contributed by atoms with E-state index in [0.29, 0.717) is 0 Å². The van der Waals surface area contributed by atoms with E-state index in [4.69, 9.17) is 11.6 Å². The van der Waals surface area contributed by atoms with Crippen molar-refractivity contribution in [3.05, 3.63) is 55.2 Å². The summed E-state index contributed by atoms with van der Waals surface area (Å²) in [5.41, 5.74) is 6.84. The van der Waals surface area contributed by atoms with Crippen molar-refractivity contribution in [2.24, 2.45) is 0 Å². The average Bonchev–Trinajstić information content (AvgIpc) is 2.86. The third-order valence-electron chi connectivity index (χ3n) is 4.22. The van der Waals surface area contributed by atoms with Gasteiger partial charge in [0.1, 0.15) is 0 Å². The van der Waals surface area contributed by atoms with E-state index >= 15 is 0 Å². The van der Waals surface area contributed by atoms with Crippen molar-refractivity contribution in [1.82, 2.24) is 5.32 Å². The highest BCUT2D eigenvalue weighted by Crippen LogP contribution is 2.37. The van der Waals surface area contributed by atoms with Gasteiger partial charge in [-0.3, -0.25) is 0 Å². The van der Waals surface area contributed by atoms with Crippen LogP contribution in [0.4, 0.5) is 0 Å². The van der Waals surface area contributed by atoms with Gasteiger partial charge in [0.05, 0.1) is 11.1 Å². The first-order valence-corrected chi connectivity index (χ1v) is 8.76. The highest BCUT2D eigenvalue weighted by Gasteiger charge is 2.22. The number of aryl methyl sites for hydroxylation is 2. The molecule has 1 unspecified atom stereocenters. The average molecular weight is 322 g/mol. The molecule has 0 saturated heterocycles. The third kappa shape index (κ3) is 3.33. The summed E-state index contributed by atoms with van der Waals surface area (Å²) in [6.07, 6.45) is 1.11. The molecule has 21 heavy (non-hydrogen) atoms. The Kier molecular flexibility index (Phi) is 5.48. The topological polar surface area (TPSA) is 12.0 Å². The lowest BCUT2D eigenvalue weighted by atomic mass is 9.89. The number of halogens is 1. The Morgan fingerprint density at radius 3 is 2.24 bits per heavy atom. The summed E-state index contributed by atoms with van der Waals surface area (Å²) in [5.74, 6) is 0. The molecular formula is C18H24ClNS. The minimum atomic E-state index is 0.191. The Morgan fingerprint density at radius 2 is 1.76 bits per heavy atom. The van der Waals surface area contributed by atoms with Crippen molar-refractivity contribution in [3.63, 3.8) is 0 Å². The number of hydrogen-bond donors (Lipinski definition) is 1. The molecule has 0 aliphatic carbocycles. The lowest BCUT2D eigenvalue weighted by Crippen LogP contribution is -2.24. The minimum Gasteiger partial charge on any atom is -0.306 e. The molecule has 3 heteroatoms. The highest BCUT2D eigenvalue weighted by atomic mass is 35.5. The van der Waals surface area contributed by atoms with Crippen LogP contribution in [-0.2, 0) is 0 Å². The summed E-state index contributed by atoms with van der Waals surface area (Å²) in [6, 6.07) is 4.47. The zero-order chi connectivity index (χ0) is 15.6. The maximum absolute atomic E-state index is 6.42. The first-order chi connectivity index (χ1) is 9.97. The molecule has 1 N–H and O–H groups in total. The number of benzene rings is 1. The molecular weight excluding hydrogens is 298 g/mol. The molecule has 1 aromatic carbocycles. The molecule has 0 saturated carbocycles. The van der Waals surface area contributed by atoms with Crippen LogP contribution in [0, 0.1) is 27.7 Å². The molecule has 1 heterocycles. The van der Waals surface area contributed by atoms with Crippen LogP contribution in [0.15, 0.2) is 17.5 Å². The largest absolute Gasteiger partial charge is 0.306 e. The summed E-state index contributed by atoms with van der Waals surface area (Å²) in [7, 11) is 0. The predicted octanol–water partition coefficient (Wildman–Crippen LogP) is 5.72. The van der Waals surface area contributed by atoms with E-state index < -0.39 is 0 Å². The van der Waals surface area contributed by atoms with E-state index in [9.17, 15) is 0 Å². The summed E-state index contributed by atoms with van der Waals surface area (Å²) >= 11 is 8.16. The van der Waals surface area contributed by atoms with Crippen LogP contribution < -0.4 is 5.32 Å². The fourth-order valence-corrected chi connectivity index (χ4v) is 4.06. The monoisotopic (exact) mass is 321 g/mol. The van der Waals surface area contributed by atoms with Crippen LogP contribution in [0.2, 0.25) is 5.02 Å². The summed E-state index contributed by atoms with van der Waals surface area (Å²) < 4.78 is 0. The lowest BCUT2D eigenvalue weighted by molar-refractivity contribution is 0.600. The molecule has 1 nitrogen and oxygen atoms in total. The zero-order valence-corrected chi connectivity index (χ0v) is 15.1. The zero-order valence-electron chi connectivity index (χ0n) is 13.5. The molecule has 0 fully saturated rings. The van der Waals surface area contributed by atoms with Gasteiger partial charge in [-0.15, -0.1) is 11.3 Å². The van der Waals surface area contributed by atoms with Gasteiger partial charge in [0.15, 0.2) is 0 Å². The van der Waals surface area contributed by atoms with Gasteiger partial charge < -0.3 is 5.32 Å². The number of hydrogen-bond acceptors (Lipinski definition) is 2. The molecule has 0 radical (unpaired) electrons. The van der Waals surface area contributed by atoms with Gasteiger partial charge in [-0.25, -0.2) is 0 Å². The maximum atomic E-state index is 6.42. The van der Waals surface area contributed by atoms with Crippen LogP contribution in [0.25, 0.3) is 0 Å². The molecule has 0 spiro atoms. The molecule has 0 aliphatic rings. The van der Waals surface area contributed by atoms with E-state index in [1.165, 1.54) is 32.7 Å². The smallest absolute Gasteiger partial charge is 0.0691 e. The second kappa shape index (κ2) is 6.95. The van der Waals surface area contributed by atoms with Gasteiger partial charge in [0.25, 0.3) is 0 Å². The Balaban J connectivity index is 2.59. The van der Waals surface area contributed by atoms with Crippen LogP contribution in [0.3, 0.4) is 0 Å². The van der Waals surface area contributed by atoms with Crippen LogP contribution >= 0.6 is 22.9 Å². The lowest BCUT2D eigenvalue weighted by Gasteiger charge is -2.25. The number of thiophene rings is 1. The Labute approximate surface area is 137 Å². The van der Waals surface area contributed by atoms with Gasteiger partial charge in [0, 0.05) is 4.88 Å². The molecule has 2 aromatic rings. The molecule has 2 rings (SSSR count). The van der Waals surface area contributed by atoms with Crippen molar-refractivity contribution >= 4 is 22.9 Å². The van der Waals surface area contributed by atoms with Gasteiger partial charge in [-0.2, -0.15) is 0 Å². The Bertz CT molecular complexity index is 604. The van der Waals surface area contributed by atoms with Crippen molar-refractivity contribution in [1.29, 1.82) is 0 Å². The van der Waals surface area contributed by atoms with Gasteiger partial charge in [-0.1, -0.05) is 24.6 Å². The number of nitrogens with one attached hydrogen (secondary N) is 1. The van der Waals surface area contributed by atoms with Crippen LogP contribution in [0.1, 0.15) is 52.1 Å². The second-order valence-electron chi connectivity index (χ2n) is 5.69. The van der Waals surface area contributed by atoms with Gasteiger partial charge >= 0.3 is 0 Å². The fraction of sp³-hybridized carbons (Fsp3) is 0.444. The Hall–Kier alpha value is -0.830. The van der Waals surface area contributed by atoms with Crippen molar-refractivity contribution < 1.29 is 0 Å². The first kappa shape index (κ1) is 16.5. The summed E-state index contributed by atoms with van der Waals surface area (Å²) in [6.45, 7) is 12.0. The predicted molar refractivity (Wildman–Crippen MR) is 94.9 cm³/mol. The summed E-state index contributed by atoms with van der Waals surface area (Å²) in [5, 5.41) is 6.63. The molecule has 0 bridgehead atoms. The van der Waals surface area contributed by atoms with Crippen molar-refractivity contribution in [2.45, 2.75) is 47.1 Å². The van der Waals surface area contributed by atoms with Gasteiger partial charge in [0.2, 0.25) is 0 Å². The molecule has 114 valence electrons. The Morgan fingerprint density at radius 1 is 1.14 bits per heavy atom. The third-order valence-corrected chi connectivity index (χ3v) is 5.64. The number of rotatable bonds is 5. The van der Waals surface area contributed by atoms with E-state index in [-0.39, 0.29) is 6.04 Å². The normalized spacial score (nSPS) is 12.7. The molecule has 0 aliphatic heterocycles. The van der Waals surface area contributed by atoms with Crippen molar-refractivity contribution in [2.75, 3.05) is 6.54 Å². The van der Waals surface area contributed by atoms with E-state index in [1.54, 1.807) is 11.3 Å². The molecule has 1 atom stereocenters. The first-order valence-electron chi connectivity index (χ1n) is 7.50. The summed E-state index contributed by atoms with van der Waals surface area (Å²) in [4.78, 5) is 1.22. The minimum absolute atomic E-state index is 0.191. The second-order valence-corrected chi connectivity index (χ2v) is 7.05.